The molecule has 2 heteroatoms. The van der Waals surface area contributed by atoms with Gasteiger partial charge in [0.25, 0.3) is 0 Å². The Morgan fingerprint density at radius 1 is 1.41 bits per heavy atom. The zero-order valence-corrected chi connectivity index (χ0v) is 11.2. The van der Waals surface area contributed by atoms with Crippen molar-refractivity contribution in [1.29, 1.82) is 0 Å². The molecule has 0 amide bonds. The summed E-state index contributed by atoms with van der Waals surface area (Å²) in [5, 5.41) is 0. The first-order chi connectivity index (χ1) is 8.11. The number of benzene rings is 1. The molecule has 0 bridgehead atoms. The largest absolute Gasteiger partial charge is 0.369 e. The van der Waals surface area contributed by atoms with Gasteiger partial charge in [0, 0.05) is 24.3 Å². The molecule has 1 unspecified atom stereocenters. The van der Waals surface area contributed by atoms with Gasteiger partial charge < -0.3 is 10.6 Å². The Kier molecular flexibility index (Phi) is 3.72. The first-order valence-electron chi connectivity index (χ1n) is 6.73. The van der Waals surface area contributed by atoms with Gasteiger partial charge in [-0.15, -0.1) is 0 Å². The molecular weight excluding hydrogens is 208 g/mol. The third-order valence-corrected chi connectivity index (χ3v) is 3.53. The van der Waals surface area contributed by atoms with Crippen LogP contribution in [-0.2, 0) is 6.42 Å². The molecule has 1 aliphatic rings. The number of hydrogen-bond donors (Lipinski definition) is 1. The van der Waals surface area contributed by atoms with Crippen LogP contribution >= 0.6 is 0 Å². The van der Waals surface area contributed by atoms with E-state index in [9.17, 15) is 0 Å². The number of nitrogens with two attached hydrogens (primary N) is 1. The fourth-order valence-electron chi connectivity index (χ4n) is 2.47. The summed E-state index contributed by atoms with van der Waals surface area (Å²) in [5.74, 6) is 0. The van der Waals surface area contributed by atoms with Crippen LogP contribution in [0.15, 0.2) is 18.2 Å². The van der Waals surface area contributed by atoms with Gasteiger partial charge in [-0.2, -0.15) is 0 Å². The number of anilines is 1. The first kappa shape index (κ1) is 12.4. The summed E-state index contributed by atoms with van der Waals surface area (Å²) in [6, 6.07) is 7.86. The van der Waals surface area contributed by atoms with Gasteiger partial charge in [0.15, 0.2) is 0 Å². The van der Waals surface area contributed by atoms with Crippen LogP contribution in [0.25, 0.3) is 0 Å². The van der Waals surface area contributed by atoms with E-state index < -0.39 is 0 Å². The van der Waals surface area contributed by atoms with E-state index in [0.717, 1.165) is 19.0 Å². The van der Waals surface area contributed by atoms with Crippen LogP contribution in [0.2, 0.25) is 0 Å². The van der Waals surface area contributed by atoms with Gasteiger partial charge in [0.2, 0.25) is 0 Å². The third kappa shape index (κ3) is 3.01. The molecule has 94 valence electrons. The van der Waals surface area contributed by atoms with Crippen molar-refractivity contribution in [2.75, 3.05) is 11.4 Å². The number of hydrogen-bond acceptors (Lipinski definition) is 2. The molecule has 1 aliphatic carbocycles. The third-order valence-electron chi connectivity index (χ3n) is 3.53. The van der Waals surface area contributed by atoms with Gasteiger partial charge in [-0.1, -0.05) is 6.07 Å². The van der Waals surface area contributed by atoms with Crippen LogP contribution in [0.3, 0.4) is 0 Å². The molecule has 1 aromatic carbocycles. The average Bonchev–Trinajstić information content (AvgIpc) is 3.07. The molecule has 0 heterocycles. The van der Waals surface area contributed by atoms with Crippen molar-refractivity contribution in [3.8, 4) is 0 Å². The fourth-order valence-corrected chi connectivity index (χ4v) is 2.47. The predicted molar refractivity (Wildman–Crippen MR) is 74.6 cm³/mol. The number of rotatable bonds is 5. The van der Waals surface area contributed by atoms with Crippen molar-refractivity contribution in [1.82, 2.24) is 0 Å². The Morgan fingerprint density at radius 2 is 2.12 bits per heavy atom. The van der Waals surface area contributed by atoms with Crippen molar-refractivity contribution < 1.29 is 0 Å². The maximum atomic E-state index is 5.87. The summed E-state index contributed by atoms with van der Waals surface area (Å²) in [4.78, 5) is 2.52. The topological polar surface area (TPSA) is 29.3 Å². The minimum atomic E-state index is 0.241. The van der Waals surface area contributed by atoms with Gasteiger partial charge in [-0.3, -0.25) is 0 Å². The van der Waals surface area contributed by atoms with Crippen molar-refractivity contribution in [2.24, 2.45) is 5.73 Å². The Hall–Kier alpha value is -1.02. The minimum Gasteiger partial charge on any atom is -0.369 e. The highest BCUT2D eigenvalue weighted by Crippen LogP contribution is 2.32. The standard InChI is InChI=1S/C15H24N2/c1-4-17(14-7-8-14)15-6-5-13(10-12(3)16)11(2)9-15/h5-6,9,12,14H,4,7-8,10,16H2,1-3H3. The van der Waals surface area contributed by atoms with E-state index in [2.05, 4.69) is 43.9 Å². The van der Waals surface area contributed by atoms with Crippen molar-refractivity contribution >= 4 is 5.69 Å². The van der Waals surface area contributed by atoms with E-state index in [1.165, 1.54) is 29.7 Å². The number of nitrogens with zero attached hydrogens (tertiary/aromatic N) is 1. The van der Waals surface area contributed by atoms with Gasteiger partial charge in [0.1, 0.15) is 0 Å². The van der Waals surface area contributed by atoms with E-state index in [1.807, 2.05) is 0 Å². The Bertz CT molecular complexity index is 381. The summed E-state index contributed by atoms with van der Waals surface area (Å²) < 4.78 is 0. The van der Waals surface area contributed by atoms with Crippen LogP contribution < -0.4 is 10.6 Å². The molecule has 0 radical (unpaired) electrons. The van der Waals surface area contributed by atoms with Crippen LogP contribution in [0.5, 0.6) is 0 Å². The summed E-state index contributed by atoms with van der Waals surface area (Å²) in [5.41, 5.74) is 10.00. The lowest BCUT2D eigenvalue weighted by Crippen LogP contribution is -2.25. The molecule has 0 aromatic heterocycles. The quantitative estimate of drug-likeness (QED) is 0.846. The maximum Gasteiger partial charge on any atom is 0.0371 e. The normalized spacial score (nSPS) is 16.9. The van der Waals surface area contributed by atoms with E-state index >= 15 is 0 Å². The van der Waals surface area contributed by atoms with E-state index in [1.54, 1.807) is 0 Å². The Balaban J connectivity index is 2.17. The molecule has 2 rings (SSSR count). The van der Waals surface area contributed by atoms with Gasteiger partial charge in [-0.05, 0) is 63.3 Å². The second-order valence-electron chi connectivity index (χ2n) is 5.31. The molecule has 1 atom stereocenters. The molecule has 1 fully saturated rings. The lowest BCUT2D eigenvalue weighted by Gasteiger charge is -2.24. The predicted octanol–water partition coefficient (Wildman–Crippen LogP) is 2.87. The van der Waals surface area contributed by atoms with E-state index in [0.29, 0.717) is 0 Å². The Labute approximate surface area is 105 Å². The second-order valence-corrected chi connectivity index (χ2v) is 5.31. The maximum absolute atomic E-state index is 5.87. The molecule has 0 saturated heterocycles. The highest BCUT2D eigenvalue weighted by Gasteiger charge is 2.28. The average molecular weight is 232 g/mol. The summed E-state index contributed by atoms with van der Waals surface area (Å²) in [6.07, 6.45) is 3.69. The SMILES string of the molecule is CCN(c1ccc(CC(C)N)c(C)c1)C1CC1. The second kappa shape index (κ2) is 5.09. The summed E-state index contributed by atoms with van der Waals surface area (Å²) in [7, 11) is 0. The molecule has 17 heavy (non-hydrogen) atoms. The highest BCUT2D eigenvalue weighted by atomic mass is 15.2. The molecule has 2 nitrogen and oxygen atoms in total. The van der Waals surface area contributed by atoms with Crippen molar-refractivity contribution in [3.63, 3.8) is 0 Å². The van der Waals surface area contributed by atoms with Crippen LogP contribution in [0, 0.1) is 6.92 Å². The fraction of sp³-hybridized carbons (Fsp3) is 0.600. The van der Waals surface area contributed by atoms with Crippen molar-refractivity contribution in [2.45, 2.75) is 52.1 Å². The van der Waals surface area contributed by atoms with Crippen LogP contribution in [-0.4, -0.2) is 18.6 Å². The van der Waals surface area contributed by atoms with Gasteiger partial charge in [0.05, 0.1) is 0 Å². The molecule has 1 aromatic rings. The molecular formula is C15H24N2. The number of aryl methyl sites for hydroxylation is 1. The summed E-state index contributed by atoms with van der Waals surface area (Å²) in [6.45, 7) is 7.61. The van der Waals surface area contributed by atoms with Crippen LogP contribution in [0.1, 0.15) is 37.8 Å². The molecule has 0 aliphatic heterocycles. The first-order valence-corrected chi connectivity index (χ1v) is 6.73. The smallest absolute Gasteiger partial charge is 0.0371 e. The summed E-state index contributed by atoms with van der Waals surface area (Å²) >= 11 is 0. The lowest BCUT2D eigenvalue weighted by atomic mass is 10.0. The van der Waals surface area contributed by atoms with Gasteiger partial charge >= 0.3 is 0 Å². The van der Waals surface area contributed by atoms with E-state index in [4.69, 9.17) is 5.73 Å². The molecule has 0 spiro atoms. The minimum absolute atomic E-state index is 0.241. The molecule has 1 saturated carbocycles. The monoisotopic (exact) mass is 232 g/mol. The van der Waals surface area contributed by atoms with Crippen LogP contribution in [0.4, 0.5) is 5.69 Å². The molecule has 2 N–H and O–H groups in total. The lowest BCUT2D eigenvalue weighted by molar-refractivity contribution is 0.734. The zero-order chi connectivity index (χ0) is 12.4. The Morgan fingerprint density at radius 3 is 2.59 bits per heavy atom. The van der Waals surface area contributed by atoms with Crippen molar-refractivity contribution in [3.05, 3.63) is 29.3 Å². The zero-order valence-electron chi connectivity index (χ0n) is 11.2. The highest BCUT2D eigenvalue weighted by molar-refractivity contribution is 5.52. The van der Waals surface area contributed by atoms with Gasteiger partial charge in [-0.25, -0.2) is 0 Å². The van der Waals surface area contributed by atoms with E-state index in [-0.39, 0.29) is 6.04 Å².